The lowest BCUT2D eigenvalue weighted by atomic mass is 10.1. The fourth-order valence-electron chi connectivity index (χ4n) is 1.22. The van der Waals surface area contributed by atoms with E-state index < -0.39 is 10.9 Å². The Kier molecular flexibility index (Phi) is 4.03. The summed E-state index contributed by atoms with van der Waals surface area (Å²) in [4.78, 5) is 21.4. The molecule has 92 valence electrons. The third kappa shape index (κ3) is 3.17. The Hall–Kier alpha value is -2.11. The number of hydrogen-bond donors (Lipinski definition) is 0. The molecule has 0 bridgehead atoms. The highest BCUT2D eigenvalue weighted by atomic mass is 16.6. The fourth-order valence-corrected chi connectivity index (χ4v) is 1.22. The third-order valence-electron chi connectivity index (χ3n) is 2.11. The van der Waals surface area contributed by atoms with E-state index in [1.54, 1.807) is 13.8 Å². The van der Waals surface area contributed by atoms with Crippen molar-refractivity contribution in [2.45, 2.75) is 13.8 Å². The molecule has 0 radical (unpaired) electrons. The van der Waals surface area contributed by atoms with Crippen LogP contribution in [0.5, 0.6) is 0 Å². The number of nitrogens with zero attached hydrogens (tertiary/aromatic N) is 1. The maximum Gasteiger partial charge on any atom is 0.373 e. The van der Waals surface area contributed by atoms with E-state index in [-0.39, 0.29) is 23.1 Å². The minimum Gasteiger partial charge on any atom is -0.463 e. The van der Waals surface area contributed by atoms with Crippen LogP contribution in [0, 0.1) is 16.0 Å². The highest BCUT2D eigenvalue weighted by Crippen LogP contribution is 2.17. The van der Waals surface area contributed by atoms with Crippen LogP contribution < -0.4 is 0 Å². The summed E-state index contributed by atoms with van der Waals surface area (Å²) in [6.45, 7) is 3.41. The number of carbonyl (C=O) groups excluding carboxylic acids is 1. The van der Waals surface area contributed by atoms with Crippen LogP contribution in [0.25, 0.3) is 6.08 Å². The minimum atomic E-state index is -0.614. The summed E-state index contributed by atoms with van der Waals surface area (Å²) in [7, 11) is 1.23. The molecule has 0 spiro atoms. The lowest BCUT2D eigenvalue weighted by Gasteiger charge is -2.00. The van der Waals surface area contributed by atoms with E-state index in [9.17, 15) is 14.9 Å². The van der Waals surface area contributed by atoms with E-state index in [0.29, 0.717) is 0 Å². The van der Waals surface area contributed by atoms with Gasteiger partial charge in [-0.1, -0.05) is 13.8 Å². The largest absolute Gasteiger partial charge is 0.463 e. The second-order valence-electron chi connectivity index (χ2n) is 3.67. The predicted octanol–water partition coefficient (Wildman–Crippen LogP) is 2.34. The smallest absolute Gasteiger partial charge is 0.373 e. The van der Waals surface area contributed by atoms with E-state index in [1.807, 2.05) is 0 Å². The van der Waals surface area contributed by atoms with Crippen molar-refractivity contribution < 1.29 is 18.9 Å². The molecule has 0 unspecified atom stereocenters. The molecule has 0 fully saturated rings. The summed E-state index contributed by atoms with van der Waals surface area (Å²) >= 11 is 0. The number of carbonyl (C=O) groups is 1. The van der Waals surface area contributed by atoms with E-state index in [2.05, 4.69) is 4.74 Å². The van der Waals surface area contributed by atoms with Crippen molar-refractivity contribution in [3.8, 4) is 0 Å². The maximum atomic E-state index is 11.1. The molecule has 6 heteroatoms. The Morgan fingerprint density at radius 2 is 2.18 bits per heavy atom. The van der Waals surface area contributed by atoms with Gasteiger partial charge in [0.05, 0.1) is 18.1 Å². The van der Waals surface area contributed by atoms with Crippen molar-refractivity contribution >= 4 is 12.0 Å². The van der Waals surface area contributed by atoms with Crippen LogP contribution in [0.4, 0.5) is 0 Å². The zero-order valence-corrected chi connectivity index (χ0v) is 9.80. The topological polar surface area (TPSA) is 82.6 Å². The number of furan rings is 1. The van der Waals surface area contributed by atoms with Crippen LogP contribution in [-0.4, -0.2) is 18.0 Å². The number of ether oxygens (including phenoxy) is 1. The second kappa shape index (κ2) is 5.29. The van der Waals surface area contributed by atoms with Gasteiger partial charge in [0.1, 0.15) is 5.76 Å². The van der Waals surface area contributed by atoms with Gasteiger partial charge in [-0.05, 0) is 12.1 Å². The summed E-state index contributed by atoms with van der Waals surface area (Å²) < 4.78 is 9.57. The van der Waals surface area contributed by atoms with Gasteiger partial charge in [-0.15, -0.1) is 0 Å². The van der Waals surface area contributed by atoms with Gasteiger partial charge in [0.25, 0.3) is 5.70 Å². The zero-order chi connectivity index (χ0) is 13.0. The lowest BCUT2D eigenvalue weighted by Crippen LogP contribution is -2.05. The Bertz CT molecular complexity index is 458. The number of esters is 1. The number of nitro groups is 1. The van der Waals surface area contributed by atoms with Crippen LogP contribution in [-0.2, 0) is 4.74 Å². The van der Waals surface area contributed by atoms with Crippen LogP contribution in [0.15, 0.2) is 22.2 Å². The molecule has 0 saturated heterocycles. The van der Waals surface area contributed by atoms with E-state index >= 15 is 0 Å². The van der Waals surface area contributed by atoms with Gasteiger partial charge in [0.15, 0.2) is 0 Å². The monoisotopic (exact) mass is 239 g/mol. The molecule has 1 aromatic heterocycles. The Balaban J connectivity index is 3.01. The summed E-state index contributed by atoms with van der Waals surface area (Å²) in [5, 5.41) is 10.7. The standard InChI is InChI=1S/C11H13NO5/c1-7(2)9(12(14)15)6-8-4-5-10(17-8)11(13)16-3/h4-7H,1-3H3/b9-6-. The molecule has 0 aliphatic heterocycles. The molecule has 1 aromatic rings. The van der Waals surface area contributed by atoms with Crippen molar-refractivity contribution in [2.75, 3.05) is 7.11 Å². The zero-order valence-electron chi connectivity index (χ0n) is 9.80. The molecule has 0 N–H and O–H groups in total. The highest BCUT2D eigenvalue weighted by molar-refractivity contribution is 5.86. The molecule has 0 saturated carbocycles. The summed E-state index contributed by atoms with van der Waals surface area (Å²) in [5.74, 6) is -0.579. The quantitative estimate of drug-likeness (QED) is 0.457. The van der Waals surface area contributed by atoms with Crippen LogP contribution in [0.1, 0.15) is 30.2 Å². The Morgan fingerprint density at radius 3 is 2.65 bits per heavy atom. The molecule has 1 heterocycles. The molecule has 1 rings (SSSR count). The van der Waals surface area contributed by atoms with Crippen molar-refractivity contribution in [1.29, 1.82) is 0 Å². The number of methoxy groups -OCH3 is 1. The van der Waals surface area contributed by atoms with Gasteiger partial charge >= 0.3 is 5.97 Å². The molecular formula is C11H13NO5. The van der Waals surface area contributed by atoms with Crippen LogP contribution in [0.3, 0.4) is 0 Å². The van der Waals surface area contributed by atoms with Crippen molar-refractivity contribution in [3.05, 3.63) is 39.5 Å². The van der Waals surface area contributed by atoms with Gasteiger partial charge in [-0.2, -0.15) is 0 Å². The number of rotatable bonds is 4. The van der Waals surface area contributed by atoms with Gasteiger partial charge in [0, 0.05) is 5.92 Å². The first kappa shape index (κ1) is 13.0. The van der Waals surface area contributed by atoms with Gasteiger partial charge in [0.2, 0.25) is 5.76 Å². The van der Waals surface area contributed by atoms with Crippen LogP contribution in [0.2, 0.25) is 0 Å². The summed E-state index contributed by atoms with van der Waals surface area (Å²) in [6.07, 6.45) is 1.30. The van der Waals surface area contributed by atoms with Crippen molar-refractivity contribution in [1.82, 2.24) is 0 Å². The minimum absolute atomic E-state index is 0.0187. The molecule has 0 aromatic carbocycles. The molecule has 0 aliphatic carbocycles. The molecule has 6 nitrogen and oxygen atoms in total. The van der Waals surface area contributed by atoms with Gasteiger partial charge in [-0.25, -0.2) is 4.79 Å². The first-order chi connectivity index (χ1) is 7.95. The second-order valence-corrected chi connectivity index (χ2v) is 3.67. The molecule has 17 heavy (non-hydrogen) atoms. The lowest BCUT2D eigenvalue weighted by molar-refractivity contribution is -0.431. The maximum absolute atomic E-state index is 11.1. The summed E-state index contributed by atoms with van der Waals surface area (Å²) in [6, 6.07) is 2.90. The first-order valence-electron chi connectivity index (χ1n) is 4.99. The third-order valence-corrected chi connectivity index (χ3v) is 2.11. The average molecular weight is 239 g/mol. The number of allylic oxidation sites excluding steroid dienone is 1. The predicted molar refractivity (Wildman–Crippen MR) is 59.9 cm³/mol. The van der Waals surface area contributed by atoms with E-state index in [0.717, 1.165) is 0 Å². The van der Waals surface area contributed by atoms with Crippen molar-refractivity contribution in [3.63, 3.8) is 0 Å². The highest BCUT2D eigenvalue weighted by Gasteiger charge is 2.17. The van der Waals surface area contributed by atoms with E-state index in [4.69, 9.17) is 4.42 Å². The molecule has 0 aliphatic rings. The first-order valence-corrected chi connectivity index (χ1v) is 4.99. The molecule has 0 amide bonds. The molecular weight excluding hydrogens is 226 g/mol. The Morgan fingerprint density at radius 1 is 1.53 bits per heavy atom. The SMILES string of the molecule is COC(=O)c1ccc(/C=C(/C(C)C)[N+](=O)[O-])o1. The normalized spacial score (nSPS) is 11.6. The summed E-state index contributed by atoms with van der Waals surface area (Å²) in [5.41, 5.74) is 0.0239. The van der Waals surface area contributed by atoms with Gasteiger partial charge in [-0.3, -0.25) is 10.1 Å². The van der Waals surface area contributed by atoms with Gasteiger partial charge < -0.3 is 9.15 Å². The van der Waals surface area contributed by atoms with Crippen molar-refractivity contribution in [2.24, 2.45) is 5.92 Å². The Labute approximate surface area is 98.0 Å². The van der Waals surface area contributed by atoms with E-state index in [1.165, 1.54) is 25.3 Å². The molecule has 0 atom stereocenters. The number of hydrogen-bond acceptors (Lipinski definition) is 5. The average Bonchev–Trinajstić information content (AvgIpc) is 2.72. The fraction of sp³-hybridized carbons (Fsp3) is 0.364. The van der Waals surface area contributed by atoms with Crippen LogP contribution >= 0.6 is 0 Å².